The van der Waals surface area contributed by atoms with Crippen molar-refractivity contribution in [3.8, 4) is 17.5 Å². The van der Waals surface area contributed by atoms with E-state index in [4.69, 9.17) is 9.68 Å². The molecule has 1 saturated heterocycles. The van der Waals surface area contributed by atoms with Gasteiger partial charge >= 0.3 is 12.4 Å². The molecule has 1 N–H and O–H groups in total. The van der Waals surface area contributed by atoms with Crippen molar-refractivity contribution in [2.45, 2.75) is 12.4 Å². The number of carbonyl (C=O) groups excluding carboxylic acids is 1. The van der Waals surface area contributed by atoms with Gasteiger partial charge in [-0.25, -0.2) is 4.98 Å². The maximum Gasteiger partial charge on any atom is 0.420 e. The Balaban J connectivity index is 1.18. The number of hydrogen-bond donors (Lipinski definition) is 1. The highest BCUT2D eigenvalue weighted by Gasteiger charge is 2.35. The summed E-state index contributed by atoms with van der Waals surface area (Å²) in [5.74, 6) is -0.342. The number of nitrogens with one attached hydrogen (secondary N) is 1. The van der Waals surface area contributed by atoms with E-state index in [0.717, 1.165) is 12.1 Å². The van der Waals surface area contributed by atoms with E-state index in [9.17, 15) is 31.1 Å². The molecule has 4 aromatic rings. The van der Waals surface area contributed by atoms with Gasteiger partial charge in [0.25, 0.3) is 0 Å². The summed E-state index contributed by atoms with van der Waals surface area (Å²) in [6.07, 6.45) is -9.12. The zero-order valence-corrected chi connectivity index (χ0v) is 21.2. The van der Waals surface area contributed by atoms with Crippen molar-refractivity contribution in [3.05, 3.63) is 77.4 Å². The molecule has 41 heavy (non-hydrogen) atoms. The lowest BCUT2D eigenvalue weighted by Gasteiger charge is -2.35. The minimum absolute atomic E-state index is 0.0654. The minimum Gasteiger partial charge on any atom is -0.435 e. The van der Waals surface area contributed by atoms with Gasteiger partial charge in [-0.1, -0.05) is 0 Å². The van der Waals surface area contributed by atoms with Crippen LogP contribution in [0.25, 0.3) is 22.6 Å². The predicted molar refractivity (Wildman–Crippen MR) is 138 cm³/mol. The zero-order valence-electron chi connectivity index (χ0n) is 21.2. The fraction of sp³-hybridized carbons (Fsp3) is 0.250. The van der Waals surface area contributed by atoms with Crippen LogP contribution in [0.5, 0.6) is 0 Å². The van der Waals surface area contributed by atoms with Gasteiger partial charge < -0.3 is 14.6 Å². The molecule has 0 atom stereocenters. The number of benzene rings is 3. The van der Waals surface area contributed by atoms with E-state index in [1.54, 1.807) is 30.3 Å². The molecule has 0 spiro atoms. The molecule has 0 aliphatic carbocycles. The molecule has 1 aromatic heterocycles. The molecule has 1 aliphatic rings. The molecule has 0 saturated carbocycles. The minimum atomic E-state index is -4.73. The van der Waals surface area contributed by atoms with E-state index in [1.165, 1.54) is 18.2 Å². The normalized spacial score (nSPS) is 14.7. The fourth-order valence-electron chi connectivity index (χ4n) is 4.56. The van der Waals surface area contributed by atoms with Crippen molar-refractivity contribution in [1.29, 1.82) is 5.26 Å². The number of fused-ring (bicyclic) bond motifs is 1. The van der Waals surface area contributed by atoms with E-state index in [0.29, 0.717) is 49.2 Å². The van der Waals surface area contributed by atoms with Gasteiger partial charge in [0.1, 0.15) is 11.1 Å². The molecule has 1 amide bonds. The monoisotopic (exact) mass is 573 g/mol. The van der Waals surface area contributed by atoms with Crippen LogP contribution in [-0.4, -0.2) is 48.5 Å². The largest absolute Gasteiger partial charge is 0.435 e. The quantitative estimate of drug-likeness (QED) is 0.288. The van der Waals surface area contributed by atoms with Crippen LogP contribution in [0.15, 0.2) is 65.1 Å². The number of piperazine rings is 1. The highest BCUT2D eigenvalue weighted by atomic mass is 19.4. The number of anilines is 2. The summed E-state index contributed by atoms with van der Waals surface area (Å²) in [6, 6.07) is 14.8. The van der Waals surface area contributed by atoms with Crippen LogP contribution in [0.3, 0.4) is 0 Å². The molecule has 2 heterocycles. The second-order valence-electron chi connectivity index (χ2n) is 9.43. The van der Waals surface area contributed by atoms with E-state index < -0.39 is 29.1 Å². The third-order valence-electron chi connectivity index (χ3n) is 6.64. The molecule has 1 fully saturated rings. The molecule has 1 aliphatic heterocycles. The van der Waals surface area contributed by atoms with Gasteiger partial charge in [-0.15, -0.1) is 0 Å². The first kappa shape index (κ1) is 28.0. The SMILES string of the molecule is N#Cc1cc(C(F)(F)F)c2oc(-c3ccc(NC(=O)CN4CCN(c5ccc(C(F)(F)F)cc5)CC4)cc3)nc2c1. The zero-order chi connectivity index (χ0) is 29.4. The van der Waals surface area contributed by atoms with Crippen LogP contribution >= 0.6 is 0 Å². The number of nitrogens with zero attached hydrogens (tertiary/aromatic N) is 4. The van der Waals surface area contributed by atoms with E-state index in [-0.39, 0.29) is 29.4 Å². The van der Waals surface area contributed by atoms with Crippen molar-refractivity contribution < 1.29 is 35.6 Å². The summed E-state index contributed by atoms with van der Waals surface area (Å²) in [5, 5.41) is 11.8. The van der Waals surface area contributed by atoms with Gasteiger partial charge in [-0.3, -0.25) is 9.69 Å². The molecule has 0 unspecified atom stereocenters. The number of hydrogen-bond acceptors (Lipinski definition) is 6. The van der Waals surface area contributed by atoms with Crippen LogP contribution in [0.1, 0.15) is 16.7 Å². The average molecular weight is 573 g/mol. The van der Waals surface area contributed by atoms with Gasteiger partial charge in [0.2, 0.25) is 11.8 Å². The van der Waals surface area contributed by atoms with Gasteiger partial charge in [-0.2, -0.15) is 31.6 Å². The van der Waals surface area contributed by atoms with Crippen molar-refractivity contribution in [2.24, 2.45) is 0 Å². The van der Waals surface area contributed by atoms with Crippen LogP contribution in [0.2, 0.25) is 0 Å². The van der Waals surface area contributed by atoms with E-state index in [1.807, 2.05) is 9.80 Å². The summed E-state index contributed by atoms with van der Waals surface area (Å²) in [4.78, 5) is 20.6. The van der Waals surface area contributed by atoms with Crippen LogP contribution in [0, 0.1) is 11.3 Å². The van der Waals surface area contributed by atoms with Crippen molar-refractivity contribution >= 4 is 28.4 Å². The van der Waals surface area contributed by atoms with Crippen LogP contribution in [0.4, 0.5) is 37.7 Å². The second kappa shape index (κ2) is 10.8. The first-order chi connectivity index (χ1) is 19.4. The van der Waals surface area contributed by atoms with Crippen molar-refractivity contribution in [2.75, 3.05) is 42.9 Å². The fourth-order valence-corrected chi connectivity index (χ4v) is 4.56. The lowest BCUT2D eigenvalue weighted by molar-refractivity contribution is -0.138. The number of aromatic nitrogens is 1. The Morgan fingerprint density at radius 3 is 2.17 bits per heavy atom. The Labute approximate surface area is 229 Å². The number of amides is 1. The van der Waals surface area contributed by atoms with E-state index >= 15 is 0 Å². The summed E-state index contributed by atoms with van der Waals surface area (Å²) in [6.45, 7) is 2.28. The summed E-state index contributed by atoms with van der Waals surface area (Å²) < 4.78 is 84.2. The number of rotatable bonds is 5. The number of oxazole rings is 1. The Bertz CT molecular complexity index is 1600. The van der Waals surface area contributed by atoms with Crippen molar-refractivity contribution in [3.63, 3.8) is 0 Å². The topological polar surface area (TPSA) is 85.4 Å². The molecular weight excluding hydrogens is 552 g/mol. The number of carbonyl (C=O) groups is 1. The van der Waals surface area contributed by atoms with Crippen LogP contribution < -0.4 is 10.2 Å². The molecule has 0 bridgehead atoms. The smallest absolute Gasteiger partial charge is 0.420 e. The van der Waals surface area contributed by atoms with Gasteiger partial charge in [-0.05, 0) is 60.7 Å². The van der Waals surface area contributed by atoms with Gasteiger partial charge in [0, 0.05) is 43.1 Å². The maximum atomic E-state index is 13.5. The maximum absolute atomic E-state index is 13.5. The van der Waals surface area contributed by atoms with Gasteiger partial charge in [0.15, 0.2) is 5.58 Å². The molecule has 13 heteroatoms. The highest BCUT2D eigenvalue weighted by Crippen LogP contribution is 2.38. The lowest BCUT2D eigenvalue weighted by Crippen LogP contribution is -2.48. The lowest BCUT2D eigenvalue weighted by atomic mass is 10.1. The van der Waals surface area contributed by atoms with Crippen molar-refractivity contribution in [1.82, 2.24) is 9.88 Å². The first-order valence-corrected chi connectivity index (χ1v) is 12.4. The standard InChI is InChI=1S/C28H21F6N5O2/c29-27(30,31)19-3-7-21(8-4-19)39-11-9-38(10-12-39)16-24(40)36-20-5-1-18(2-6-20)26-37-23-14-17(15-35)13-22(25(23)41-26)28(32,33)34/h1-8,13-14H,9-12,16H2,(H,36,40). The third-order valence-corrected chi connectivity index (χ3v) is 6.64. The predicted octanol–water partition coefficient (Wildman–Crippen LogP) is 6.16. The summed E-state index contributed by atoms with van der Waals surface area (Å²) in [5.41, 5.74) is -1.03. The molecule has 0 radical (unpaired) electrons. The molecular formula is C28H21F6N5O2. The Morgan fingerprint density at radius 1 is 0.927 bits per heavy atom. The summed E-state index contributed by atoms with van der Waals surface area (Å²) in [7, 11) is 0. The average Bonchev–Trinajstić information content (AvgIpc) is 3.36. The second-order valence-corrected chi connectivity index (χ2v) is 9.43. The highest BCUT2D eigenvalue weighted by molar-refractivity contribution is 5.92. The molecule has 212 valence electrons. The number of halogens is 6. The molecule has 5 rings (SSSR count). The van der Waals surface area contributed by atoms with Crippen LogP contribution in [-0.2, 0) is 17.1 Å². The number of nitriles is 1. The molecule has 3 aromatic carbocycles. The molecule has 7 nitrogen and oxygen atoms in total. The third kappa shape index (κ3) is 6.28. The Kier molecular flexibility index (Phi) is 7.35. The first-order valence-electron chi connectivity index (χ1n) is 12.4. The number of alkyl halides is 6. The Hall–Kier alpha value is -4.57. The van der Waals surface area contributed by atoms with Gasteiger partial charge in [0.05, 0.1) is 23.7 Å². The Morgan fingerprint density at radius 2 is 1.59 bits per heavy atom. The van der Waals surface area contributed by atoms with E-state index in [2.05, 4.69) is 10.3 Å². The summed E-state index contributed by atoms with van der Waals surface area (Å²) >= 11 is 0.